The van der Waals surface area contributed by atoms with Gasteiger partial charge in [-0.3, -0.25) is 5.41 Å². The molecule has 0 saturated carbocycles. The summed E-state index contributed by atoms with van der Waals surface area (Å²) in [6, 6.07) is -0.402. The molecular formula is C12H24N4O2S. The molecule has 2 heterocycles. The second-order valence-corrected chi connectivity index (χ2v) is 7.37. The number of hydrogen-bond donors (Lipinski definition) is 2. The van der Waals surface area contributed by atoms with E-state index in [9.17, 15) is 8.42 Å². The van der Waals surface area contributed by atoms with E-state index in [4.69, 9.17) is 11.1 Å². The van der Waals surface area contributed by atoms with Gasteiger partial charge >= 0.3 is 0 Å². The average molecular weight is 288 g/mol. The number of hydrogen-bond acceptors (Lipinski definition) is 3. The van der Waals surface area contributed by atoms with E-state index in [2.05, 4.69) is 0 Å². The molecule has 6 nitrogen and oxygen atoms in total. The maximum atomic E-state index is 12.8. The van der Waals surface area contributed by atoms with Gasteiger partial charge in [0.25, 0.3) is 10.2 Å². The Balaban J connectivity index is 2.23. The molecule has 2 fully saturated rings. The molecule has 2 aliphatic rings. The van der Waals surface area contributed by atoms with Gasteiger partial charge in [0.05, 0.1) is 6.04 Å². The zero-order chi connectivity index (χ0) is 14.0. The molecule has 3 N–H and O–H groups in total. The van der Waals surface area contributed by atoms with Crippen molar-refractivity contribution in [3.05, 3.63) is 0 Å². The van der Waals surface area contributed by atoms with Gasteiger partial charge in [0, 0.05) is 19.1 Å². The summed E-state index contributed by atoms with van der Waals surface area (Å²) in [5.41, 5.74) is 5.58. The van der Waals surface area contributed by atoms with Crippen LogP contribution in [0.4, 0.5) is 0 Å². The monoisotopic (exact) mass is 288 g/mol. The summed E-state index contributed by atoms with van der Waals surface area (Å²) in [6.45, 7) is 3.03. The summed E-state index contributed by atoms with van der Waals surface area (Å²) in [5.74, 6) is -0.0343. The number of rotatable bonds is 3. The lowest BCUT2D eigenvalue weighted by Gasteiger charge is -2.40. The lowest BCUT2D eigenvalue weighted by Crippen LogP contribution is -2.57. The van der Waals surface area contributed by atoms with Gasteiger partial charge < -0.3 is 5.73 Å². The van der Waals surface area contributed by atoms with Crippen molar-refractivity contribution in [2.45, 2.75) is 57.5 Å². The van der Waals surface area contributed by atoms with Crippen molar-refractivity contribution >= 4 is 16.0 Å². The molecule has 0 aromatic carbocycles. The van der Waals surface area contributed by atoms with E-state index in [0.717, 1.165) is 32.1 Å². The maximum absolute atomic E-state index is 12.8. The van der Waals surface area contributed by atoms with Crippen LogP contribution >= 0.6 is 0 Å². The number of nitrogens with two attached hydrogens (primary N) is 1. The molecule has 110 valence electrons. The fourth-order valence-electron chi connectivity index (χ4n) is 3.04. The molecule has 0 aromatic rings. The summed E-state index contributed by atoms with van der Waals surface area (Å²) in [6.07, 6.45) is 5.37. The van der Waals surface area contributed by atoms with Crippen LogP contribution in [0.25, 0.3) is 0 Å². The summed E-state index contributed by atoms with van der Waals surface area (Å²) in [5, 5.41) is 7.62. The zero-order valence-electron chi connectivity index (χ0n) is 11.5. The van der Waals surface area contributed by atoms with Crippen molar-refractivity contribution in [3.63, 3.8) is 0 Å². The number of nitrogens with zero attached hydrogens (tertiary/aromatic N) is 2. The number of amidine groups is 1. The van der Waals surface area contributed by atoms with Gasteiger partial charge in [-0.05, 0) is 32.6 Å². The third-order valence-electron chi connectivity index (χ3n) is 4.15. The van der Waals surface area contributed by atoms with E-state index in [1.54, 1.807) is 4.31 Å². The first kappa shape index (κ1) is 14.7. The first-order chi connectivity index (χ1) is 8.94. The standard InChI is InChI=1S/C12H24N4O2S/c1-10-6-2-4-8-15(10)19(17,18)16-9-5-3-7-11(16)12(13)14/h10-11H,2-9H2,1H3,(H3,13,14). The Hall–Kier alpha value is -0.660. The minimum absolute atomic E-state index is 0.0343. The molecule has 2 atom stereocenters. The zero-order valence-corrected chi connectivity index (χ0v) is 12.3. The van der Waals surface area contributed by atoms with E-state index < -0.39 is 16.3 Å². The van der Waals surface area contributed by atoms with E-state index in [1.165, 1.54) is 4.31 Å². The highest BCUT2D eigenvalue weighted by Crippen LogP contribution is 2.27. The molecule has 0 bridgehead atoms. The smallest absolute Gasteiger partial charge is 0.282 e. The van der Waals surface area contributed by atoms with Crippen LogP contribution in [0.15, 0.2) is 0 Å². The molecule has 0 aliphatic carbocycles. The molecule has 7 heteroatoms. The van der Waals surface area contributed by atoms with Gasteiger partial charge in [0.2, 0.25) is 0 Å². The van der Waals surface area contributed by atoms with Crippen LogP contribution in [0.1, 0.15) is 45.4 Å². The van der Waals surface area contributed by atoms with Gasteiger partial charge in [-0.1, -0.05) is 12.8 Å². The largest absolute Gasteiger partial charge is 0.386 e. The molecule has 19 heavy (non-hydrogen) atoms. The SMILES string of the molecule is CC1CCCCN1S(=O)(=O)N1CCCCC1C(=N)N. The lowest BCUT2D eigenvalue weighted by atomic mass is 10.0. The first-order valence-corrected chi connectivity index (χ1v) is 8.47. The van der Waals surface area contributed by atoms with Crippen molar-refractivity contribution in [2.75, 3.05) is 13.1 Å². The van der Waals surface area contributed by atoms with Crippen molar-refractivity contribution in [1.29, 1.82) is 5.41 Å². The quantitative estimate of drug-likeness (QED) is 0.597. The summed E-state index contributed by atoms with van der Waals surface area (Å²) < 4.78 is 28.6. The van der Waals surface area contributed by atoms with E-state index in [-0.39, 0.29) is 11.9 Å². The summed E-state index contributed by atoms with van der Waals surface area (Å²) >= 11 is 0. The Morgan fingerprint density at radius 1 is 1.11 bits per heavy atom. The Labute approximate surface area is 115 Å². The number of piperidine rings is 2. The highest BCUT2D eigenvalue weighted by atomic mass is 32.2. The second kappa shape index (κ2) is 5.76. The van der Waals surface area contributed by atoms with Crippen molar-refractivity contribution < 1.29 is 8.42 Å². The van der Waals surface area contributed by atoms with Gasteiger partial charge in [0.15, 0.2) is 0 Å². The molecule has 0 spiro atoms. The minimum atomic E-state index is -3.48. The molecule has 0 radical (unpaired) electrons. The first-order valence-electron chi connectivity index (χ1n) is 7.07. The molecule has 2 saturated heterocycles. The third-order valence-corrected chi connectivity index (χ3v) is 6.31. The Kier molecular flexibility index (Phi) is 4.47. The minimum Gasteiger partial charge on any atom is -0.386 e. The van der Waals surface area contributed by atoms with Crippen LogP contribution < -0.4 is 5.73 Å². The van der Waals surface area contributed by atoms with Gasteiger partial charge in [-0.25, -0.2) is 0 Å². The molecule has 2 rings (SSSR count). The fourth-order valence-corrected chi connectivity index (χ4v) is 5.13. The Morgan fingerprint density at radius 2 is 1.68 bits per heavy atom. The second-order valence-electron chi connectivity index (χ2n) is 5.54. The highest BCUT2D eigenvalue weighted by molar-refractivity contribution is 7.86. The van der Waals surface area contributed by atoms with Crippen LogP contribution in [0.3, 0.4) is 0 Å². The Bertz CT molecular complexity index is 437. The van der Waals surface area contributed by atoms with Gasteiger partial charge in [-0.15, -0.1) is 0 Å². The predicted octanol–water partition coefficient (Wildman–Crippen LogP) is 0.896. The van der Waals surface area contributed by atoms with Crippen molar-refractivity contribution in [1.82, 2.24) is 8.61 Å². The van der Waals surface area contributed by atoms with E-state index in [1.807, 2.05) is 6.92 Å². The normalized spacial score (nSPS) is 31.2. The van der Waals surface area contributed by atoms with E-state index in [0.29, 0.717) is 19.5 Å². The molecule has 0 aromatic heterocycles. The lowest BCUT2D eigenvalue weighted by molar-refractivity contribution is 0.223. The van der Waals surface area contributed by atoms with E-state index >= 15 is 0 Å². The topological polar surface area (TPSA) is 90.5 Å². The van der Waals surface area contributed by atoms with Crippen LogP contribution in [0.2, 0.25) is 0 Å². The third kappa shape index (κ3) is 2.93. The van der Waals surface area contributed by atoms with Crippen molar-refractivity contribution in [2.24, 2.45) is 5.73 Å². The Morgan fingerprint density at radius 3 is 2.26 bits per heavy atom. The van der Waals surface area contributed by atoms with Crippen LogP contribution in [0.5, 0.6) is 0 Å². The number of nitrogens with one attached hydrogen (secondary N) is 1. The molecule has 0 amide bonds. The molecular weight excluding hydrogens is 264 g/mol. The summed E-state index contributed by atoms with van der Waals surface area (Å²) in [7, 11) is -3.48. The molecule has 2 unspecified atom stereocenters. The highest BCUT2D eigenvalue weighted by Gasteiger charge is 2.40. The average Bonchev–Trinajstić information content (AvgIpc) is 2.39. The predicted molar refractivity (Wildman–Crippen MR) is 75.2 cm³/mol. The maximum Gasteiger partial charge on any atom is 0.282 e. The van der Waals surface area contributed by atoms with Crippen LogP contribution in [0, 0.1) is 5.41 Å². The molecule has 2 aliphatic heterocycles. The van der Waals surface area contributed by atoms with Gasteiger partial charge in [0.1, 0.15) is 5.84 Å². The van der Waals surface area contributed by atoms with Crippen LogP contribution in [-0.2, 0) is 10.2 Å². The van der Waals surface area contributed by atoms with Crippen molar-refractivity contribution in [3.8, 4) is 0 Å². The van der Waals surface area contributed by atoms with Gasteiger partial charge in [-0.2, -0.15) is 17.0 Å². The summed E-state index contributed by atoms with van der Waals surface area (Å²) in [4.78, 5) is 0. The fraction of sp³-hybridized carbons (Fsp3) is 0.917. The van der Waals surface area contributed by atoms with Crippen LogP contribution in [-0.4, -0.2) is 48.0 Å².